The number of nitrogens with zero attached hydrogens (tertiary/aromatic N) is 3. The van der Waals surface area contributed by atoms with E-state index < -0.39 is 0 Å². The molecule has 0 aliphatic heterocycles. The second-order valence-electron chi connectivity index (χ2n) is 6.37. The third kappa shape index (κ3) is 3.56. The van der Waals surface area contributed by atoms with E-state index in [1.54, 1.807) is 28.9 Å². The molecule has 3 heterocycles. The maximum absolute atomic E-state index is 13.4. The lowest BCUT2D eigenvalue weighted by Crippen LogP contribution is -2.09. The van der Waals surface area contributed by atoms with Crippen LogP contribution in [0.3, 0.4) is 0 Å². The molecule has 1 aromatic carbocycles. The number of aromatic nitrogens is 3. The van der Waals surface area contributed by atoms with Gasteiger partial charge in [-0.3, -0.25) is 0 Å². The molecule has 0 saturated carbocycles. The maximum atomic E-state index is 13.4. The van der Waals surface area contributed by atoms with Gasteiger partial charge in [0.1, 0.15) is 22.5 Å². The highest BCUT2D eigenvalue weighted by atomic mass is 35.5. The molecule has 0 aliphatic carbocycles. The number of benzene rings is 1. The van der Waals surface area contributed by atoms with E-state index in [2.05, 4.69) is 10.3 Å². The first-order valence-corrected chi connectivity index (χ1v) is 9.39. The van der Waals surface area contributed by atoms with Gasteiger partial charge in [-0.25, -0.2) is 13.9 Å². The van der Waals surface area contributed by atoms with Gasteiger partial charge < -0.3 is 11.1 Å². The maximum Gasteiger partial charge on any atom is 0.131 e. The fourth-order valence-corrected chi connectivity index (χ4v) is 3.33. The van der Waals surface area contributed by atoms with Crippen LogP contribution < -0.4 is 11.1 Å². The summed E-state index contributed by atoms with van der Waals surface area (Å²) in [5.74, 6) is 0.472. The van der Waals surface area contributed by atoms with Crippen LogP contribution in [0.15, 0.2) is 60.8 Å². The van der Waals surface area contributed by atoms with Crippen molar-refractivity contribution >= 4 is 22.9 Å². The molecule has 0 unspecified atom stereocenters. The first kappa shape index (κ1) is 18.4. The summed E-state index contributed by atoms with van der Waals surface area (Å²) in [7, 11) is 0. The Morgan fingerprint density at radius 3 is 2.68 bits per heavy atom. The van der Waals surface area contributed by atoms with E-state index in [-0.39, 0.29) is 5.82 Å². The van der Waals surface area contributed by atoms with Crippen molar-refractivity contribution in [2.24, 2.45) is 5.73 Å². The molecule has 0 spiro atoms. The fourth-order valence-electron chi connectivity index (χ4n) is 3.13. The molecule has 0 atom stereocenters. The highest BCUT2D eigenvalue weighted by Crippen LogP contribution is 2.36. The Labute approximate surface area is 167 Å². The summed E-state index contributed by atoms with van der Waals surface area (Å²) < 4.78 is 15.1. The van der Waals surface area contributed by atoms with Gasteiger partial charge in [0, 0.05) is 23.9 Å². The Kier molecular flexibility index (Phi) is 5.23. The van der Waals surface area contributed by atoms with Crippen LogP contribution in [0.25, 0.3) is 27.9 Å². The highest BCUT2D eigenvalue weighted by Gasteiger charge is 2.18. The summed E-state index contributed by atoms with van der Waals surface area (Å²) >= 11 is 6.36. The van der Waals surface area contributed by atoms with Gasteiger partial charge in [0.15, 0.2) is 0 Å². The number of rotatable bonds is 6. The number of halogens is 2. The smallest absolute Gasteiger partial charge is 0.131 e. The third-order valence-electron chi connectivity index (χ3n) is 4.46. The summed E-state index contributed by atoms with van der Waals surface area (Å²) in [4.78, 5) is 4.38. The van der Waals surface area contributed by atoms with E-state index in [1.165, 1.54) is 12.1 Å². The summed E-state index contributed by atoms with van der Waals surface area (Å²) in [6.45, 7) is 1.37. The predicted molar refractivity (Wildman–Crippen MR) is 111 cm³/mol. The SMILES string of the molecule is NCCCNc1cc(-c2c(-c3ccc(F)cc3)nn3c(Cl)cccc23)ccn1. The lowest BCUT2D eigenvalue weighted by Gasteiger charge is -2.08. The summed E-state index contributed by atoms with van der Waals surface area (Å²) in [6, 6.07) is 15.8. The minimum absolute atomic E-state index is 0.289. The highest BCUT2D eigenvalue weighted by molar-refractivity contribution is 6.29. The second kappa shape index (κ2) is 7.96. The third-order valence-corrected chi connectivity index (χ3v) is 4.75. The van der Waals surface area contributed by atoms with Crippen molar-refractivity contribution in [2.45, 2.75) is 6.42 Å². The van der Waals surface area contributed by atoms with Crippen LogP contribution in [-0.2, 0) is 0 Å². The van der Waals surface area contributed by atoms with Crippen LogP contribution in [0.5, 0.6) is 0 Å². The van der Waals surface area contributed by atoms with Crippen molar-refractivity contribution in [2.75, 3.05) is 18.4 Å². The minimum atomic E-state index is -0.289. The van der Waals surface area contributed by atoms with Crippen LogP contribution in [0, 0.1) is 5.82 Å². The standard InChI is InChI=1S/C21H19ClFN5/c22-18-4-1-3-17-20(15-9-12-26-19(13-15)25-11-2-10-24)21(27-28(17)18)14-5-7-16(23)8-6-14/h1,3-9,12-13H,2,10-11,24H2,(H,25,26). The molecule has 4 rings (SSSR count). The Balaban J connectivity index is 1.88. The lowest BCUT2D eigenvalue weighted by molar-refractivity contribution is 0.628. The molecule has 0 aliphatic rings. The Morgan fingerprint density at radius 2 is 1.89 bits per heavy atom. The number of fused-ring (bicyclic) bond motifs is 1. The van der Waals surface area contributed by atoms with E-state index in [0.29, 0.717) is 11.7 Å². The van der Waals surface area contributed by atoms with E-state index in [0.717, 1.165) is 46.7 Å². The van der Waals surface area contributed by atoms with Gasteiger partial charge in [0.25, 0.3) is 0 Å². The van der Waals surface area contributed by atoms with Gasteiger partial charge in [-0.15, -0.1) is 0 Å². The molecule has 4 aromatic rings. The van der Waals surface area contributed by atoms with Crippen molar-refractivity contribution in [1.82, 2.24) is 14.6 Å². The Hall–Kier alpha value is -2.96. The predicted octanol–water partition coefficient (Wildman–Crippen LogP) is 4.62. The zero-order valence-corrected chi connectivity index (χ0v) is 15.8. The molecule has 0 amide bonds. The van der Waals surface area contributed by atoms with Gasteiger partial charge in [0.2, 0.25) is 0 Å². The lowest BCUT2D eigenvalue weighted by atomic mass is 10.0. The monoisotopic (exact) mass is 395 g/mol. The molecule has 7 heteroatoms. The number of pyridine rings is 2. The molecule has 142 valence electrons. The number of nitrogens with two attached hydrogens (primary N) is 1. The largest absolute Gasteiger partial charge is 0.370 e. The zero-order valence-electron chi connectivity index (χ0n) is 15.1. The van der Waals surface area contributed by atoms with Crippen LogP contribution in [0.2, 0.25) is 5.15 Å². The molecule has 0 fully saturated rings. The number of nitrogens with one attached hydrogen (secondary N) is 1. The molecule has 3 aromatic heterocycles. The van der Waals surface area contributed by atoms with E-state index in [1.807, 2.05) is 24.3 Å². The molecular formula is C21H19ClFN5. The fraction of sp³-hybridized carbons (Fsp3) is 0.143. The number of hydrogen-bond donors (Lipinski definition) is 2. The topological polar surface area (TPSA) is 68.2 Å². The van der Waals surface area contributed by atoms with Gasteiger partial charge >= 0.3 is 0 Å². The van der Waals surface area contributed by atoms with Crippen molar-refractivity contribution < 1.29 is 4.39 Å². The van der Waals surface area contributed by atoms with Crippen LogP contribution in [-0.4, -0.2) is 27.7 Å². The van der Waals surface area contributed by atoms with E-state index in [9.17, 15) is 4.39 Å². The van der Waals surface area contributed by atoms with E-state index >= 15 is 0 Å². The quantitative estimate of drug-likeness (QED) is 0.369. The molecule has 0 saturated heterocycles. The van der Waals surface area contributed by atoms with Gasteiger partial charge in [0.05, 0.1) is 5.52 Å². The van der Waals surface area contributed by atoms with Crippen molar-refractivity contribution in [1.29, 1.82) is 0 Å². The van der Waals surface area contributed by atoms with Crippen LogP contribution in [0.4, 0.5) is 10.2 Å². The number of hydrogen-bond acceptors (Lipinski definition) is 4. The first-order chi connectivity index (χ1) is 13.7. The zero-order chi connectivity index (χ0) is 19.5. The minimum Gasteiger partial charge on any atom is -0.370 e. The van der Waals surface area contributed by atoms with Crippen molar-refractivity contribution in [3.8, 4) is 22.4 Å². The number of anilines is 1. The molecule has 3 N–H and O–H groups in total. The molecule has 5 nitrogen and oxygen atoms in total. The molecular weight excluding hydrogens is 377 g/mol. The van der Waals surface area contributed by atoms with Gasteiger partial charge in [-0.1, -0.05) is 17.7 Å². The van der Waals surface area contributed by atoms with Crippen LogP contribution >= 0.6 is 11.6 Å². The van der Waals surface area contributed by atoms with Crippen molar-refractivity contribution in [3.05, 3.63) is 71.8 Å². The van der Waals surface area contributed by atoms with E-state index in [4.69, 9.17) is 22.4 Å². The molecule has 28 heavy (non-hydrogen) atoms. The normalized spacial score (nSPS) is 11.1. The first-order valence-electron chi connectivity index (χ1n) is 9.01. The summed E-state index contributed by atoms with van der Waals surface area (Å²) in [5, 5.41) is 8.48. The summed E-state index contributed by atoms with van der Waals surface area (Å²) in [6.07, 6.45) is 2.61. The average Bonchev–Trinajstić information content (AvgIpc) is 3.10. The van der Waals surface area contributed by atoms with Crippen LogP contribution in [0.1, 0.15) is 6.42 Å². The second-order valence-corrected chi connectivity index (χ2v) is 6.76. The molecule has 0 bridgehead atoms. The van der Waals surface area contributed by atoms with Gasteiger partial charge in [-0.05, 0) is 67.1 Å². The summed E-state index contributed by atoms with van der Waals surface area (Å²) in [5.41, 5.74) is 9.83. The molecule has 0 radical (unpaired) electrons. The Morgan fingerprint density at radius 1 is 1.07 bits per heavy atom. The average molecular weight is 396 g/mol. The van der Waals surface area contributed by atoms with Gasteiger partial charge in [-0.2, -0.15) is 5.10 Å². The Bertz CT molecular complexity index is 1110. The van der Waals surface area contributed by atoms with Crippen molar-refractivity contribution in [3.63, 3.8) is 0 Å².